The lowest BCUT2D eigenvalue weighted by Crippen LogP contribution is -2.41. The molecule has 0 aromatic rings. The van der Waals surface area contributed by atoms with Crippen LogP contribution in [-0.4, -0.2) is 25.0 Å². The molecule has 1 heterocycles. The normalized spacial score (nSPS) is 22.9. The SMILES string of the molecule is CC(C(=O)N[C@H](C)C1CCCCCC1)=C1CNC1. The molecule has 1 aliphatic carbocycles. The van der Waals surface area contributed by atoms with Crippen molar-refractivity contribution in [2.75, 3.05) is 13.1 Å². The third kappa shape index (κ3) is 3.35. The predicted octanol–water partition coefficient (Wildman–Crippen LogP) is 2.38. The maximum Gasteiger partial charge on any atom is 0.247 e. The van der Waals surface area contributed by atoms with E-state index < -0.39 is 0 Å². The van der Waals surface area contributed by atoms with E-state index in [9.17, 15) is 4.79 Å². The quantitative estimate of drug-likeness (QED) is 0.596. The molecule has 2 fully saturated rings. The second kappa shape index (κ2) is 6.37. The minimum Gasteiger partial charge on any atom is -0.350 e. The molecule has 3 nitrogen and oxygen atoms in total. The van der Waals surface area contributed by atoms with Gasteiger partial charge in [-0.1, -0.05) is 25.7 Å². The second-order valence-electron chi connectivity index (χ2n) is 5.85. The molecule has 2 rings (SSSR count). The molecule has 3 heteroatoms. The summed E-state index contributed by atoms with van der Waals surface area (Å²) < 4.78 is 0. The van der Waals surface area contributed by atoms with E-state index in [-0.39, 0.29) is 5.91 Å². The first-order chi connectivity index (χ1) is 8.68. The molecule has 0 radical (unpaired) electrons. The largest absolute Gasteiger partial charge is 0.350 e. The number of carbonyl (C=O) groups is 1. The van der Waals surface area contributed by atoms with Crippen molar-refractivity contribution in [1.82, 2.24) is 10.6 Å². The zero-order chi connectivity index (χ0) is 13.0. The van der Waals surface area contributed by atoms with Crippen LogP contribution in [0.5, 0.6) is 0 Å². The van der Waals surface area contributed by atoms with Crippen LogP contribution in [0.1, 0.15) is 52.4 Å². The third-order valence-corrected chi connectivity index (χ3v) is 4.51. The number of hydrogen-bond donors (Lipinski definition) is 2. The number of rotatable bonds is 3. The summed E-state index contributed by atoms with van der Waals surface area (Å²) in [5.74, 6) is 0.817. The molecule has 1 saturated heterocycles. The lowest BCUT2D eigenvalue weighted by atomic mass is 9.92. The summed E-state index contributed by atoms with van der Waals surface area (Å²) in [6.07, 6.45) is 7.94. The fourth-order valence-corrected chi connectivity index (χ4v) is 2.92. The Bertz CT molecular complexity index is 321. The zero-order valence-corrected chi connectivity index (χ0v) is 11.7. The number of hydrogen-bond acceptors (Lipinski definition) is 2. The molecule has 0 unspecified atom stereocenters. The Morgan fingerprint density at radius 1 is 1.22 bits per heavy atom. The van der Waals surface area contributed by atoms with Crippen molar-refractivity contribution in [3.63, 3.8) is 0 Å². The number of amides is 1. The van der Waals surface area contributed by atoms with E-state index in [0.29, 0.717) is 12.0 Å². The molecule has 1 saturated carbocycles. The van der Waals surface area contributed by atoms with Crippen molar-refractivity contribution in [3.05, 3.63) is 11.1 Å². The third-order valence-electron chi connectivity index (χ3n) is 4.51. The summed E-state index contributed by atoms with van der Waals surface area (Å²) in [4.78, 5) is 12.1. The smallest absolute Gasteiger partial charge is 0.247 e. The van der Waals surface area contributed by atoms with Gasteiger partial charge < -0.3 is 10.6 Å². The van der Waals surface area contributed by atoms with Crippen molar-refractivity contribution in [2.24, 2.45) is 5.92 Å². The van der Waals surface area contributed by atoms with E-state index in [2.05, 4.69) is 17.6 Å². The molecule has 2 N–H and O–H groups in total. The molecule has 18 heavy (non-hydrogen) atoms. The average molecular weight is 250 g/mol. The fourth-order valence-electron chi connectivity index (χ4n) is 2.92. The van der Waals surface area contributed by atoms with Crippen molar-refractivity contribution in [1.29, 1.82) is 0 Å². The molecular formula is C15H26N2O. The monoisotopic (exact) mass is 250 g/mol. The first kappa shape index (κ1) is 13.6. The average Bonchev–Trinajstić information content (AvgIpc) is 2.54. The van der Waals surface area contributed by atoms with Gasteiger partial charge in [0.05, 0.1) is 0 Å². The molecule has 1 amide bonds. The first-order valence-corrected chi connectivity index (χ1v) is 7.38. The predicted molar refractivity (Wildman–Crippen MR) is 74.4 cm³/mol. The highest BCUT2D eigenvalue weighted by Gasteiger charge is 2.22. The van der Waals surface area contributed by atoms with Crippen LogP contribution in [0.15, 0.2) is 11.1 Å². The summed E-state index contributed by atoms with van der Waals surface area (Å²) in [6, 6.07) is 0.319. The molecule has 2 aliphatic rings. The minimum absolute atomic E-state index is 0.142. The minimum atomic E-state index is 0.142. The highest BCUT2D eigenvalue weighted by atomic mass is 16.1. The summed E-state index contributed by atoms with van der Waals surface area (Å²) in [7, 11) is 0. The number of carbonyl (C=O) groups excluding carboxylic acids is 1. The molecule has 0 aromatic heterocycles. The maximum atomic E-state index is 12.1. The Morgan fingerprint density at radius 3 is 2.33 bits per heavy atom. The summed E-state index contributed by atoms with van der Waals surface area (Å²) >= 11 is 0. The van der Waals surface area contributed by atoms with Gasteiger partial charge in [-0.25, -0.2) is 0 Å². The van der Waals surface area contributed by atoms with E-state index in [4.69, 9.17) is 0 Å². The zero-order valence-electron chi connectivity index (χ0n) is 11.7. The summed E-state index contributed by atoms with van der Waals surface area (Å²) in [6.45, 7) is 5.89. The molecule has 1 atom stereocenters. The Hall–Kier alpha value is -0.830. The topological polar surface area (TPSA) is 41.1 Å². The van der Waals surface area contributed by atoms with Gasteiger partial charge in [0.2, 0.25) is 5.91 Å². The standard InChI is InChI=1S/C15H26N2O/c1-11(14-9-16-10-14)15(18)17-12(2)13-7-5-3-4-6-8-13/h12-13,16H,3-10H2,1-2H3,(H,17,18)/t12-/m1/s1. The van der Waals surface area contributed by atoms with Crippen molar-refractivity contribution >= 4 is 5.91 Å². The Balaban J connectivity index is 1.85. The van der Waals surface area contributed by atoms with Crippen LogP contribution in [0.3, 0.4) is 0 Å². The van der Waals surface area contributed by atoms with Gasteiger partial charge in [-0.05, 0) is 38.2 Å². The lowest BCUT2D eigenvalue weighted by molar-refractivity contribution is -0.118. The van der Waals surface area contributed by atoms with Crippen LogP contribution < -0.4 is 10.6 Å². The van der Waals surface area contributed by atoms with Gasteiger partial charge in [-0.3, -0.25) is 4.79 Å². The Labute approximate surface area is 110 Å². The van der Waals surface area contributed by atoms with Gasteiger partial charge in [0.15, 0.2) is 0 Å². The lowest BCUT2D eigenvalue weighted by Gasteiger charge is -2.26. The first-order valence-electron chi connectivity index (χ1n) is 7.38. The van der Waals surface area contributed by atoms with Gasteiger partial charge in [0.25, 0.3) is 0 Å². The van der Waals surface area contributed by atoms with Crippen LogP contribution >= 0.6 is 0 Å². The van der Waals surface area contributed by atoms with Gasteiger partial charge in [0, 0.05) is 24.7 Å². The molecular weight excluding hydrogens is 224 g/mol. The highest BCUT2D eigenvalue weighted by molar-refractivity contribution is 5.94. The van der Waals surface area contributed by atoms with E-state index in [1.165, 1.54) is 44.1 Å². The van der Waals surface area contributed by atoms with Crippen LogP contribution in [0, 0.1) is 5.92 Å². The van der Waals surface area contributed by atoms with Crippen LogP contribution in [0.2, 0.25) is 0 Å². The molecule has 102 valence electrons. The van der Waals surface area contributed by atoms with Gasteiger partial charge >= 0.3 is 0 Å². The fraction of sp³-hybridized carbons (Fsp3) is 0.800. The summed E-state index contributed by atoms with van der Waals surface area (Å²) in [5.41, 5.74) is 2.19. The van der Waals surface area contributed by atoms with Crippen molar-refractivity contribution < 1.29 is 4.79 Å². The van der Waals surface area contributed by atoms with E-state index in [1.807, 2.05) is 6.92 Å². The number of nitrogens with one attached hydrogen (secondary N) is 2. The highest BCUT2D eigenvalue weighted by Crippen LogP contribution is 2.25. The van der Waals surface area contributed by atoms with Crippen LogP contribution in [0.4, 0.5) is 0 Å². The molecule has 1 aliphatic heterocycles. The van der Waals surface area contributed by atoms with Crippen LogP contribution in [-0.2, 0) is 4.79 Å². The molecule has 0 bridgehead atoms. The van der Waals surface area contributed by atoms with Gasteiger partial charge in [0.1, 0.15) is 0 Å². The van der Waals surface area contributed by atoms with Crippen molar-refractivity contribution in [3.8, 4) is 0 Å². The summed E-state index contributed by atoms with van der Waals surface area (Å²) in [5, 5.41) is 6.39. The Kier molecular flexibility index (Phi) is 4.81. The molecule has 0 spiro atoms. The van der Waals surface area contributed by atoms with Crippen molar-refractivity contribution in [2.45, 2.75) is 58.4 Å². The van der Waals surface area contributed by atoms with Gasteiger partial charge in [-0.2, -0.15) is 0 Å². The van der Waals surface area contributed by atoms with E-state index >= 15 is 0 Å². The van der Waals surface area contributed by atoms with Crippen LogP contribution in [0.25, 0.3) is 0 Å². The molecule has 0 aromatic carbocycles. The Morgan fingerprint density at radius 2 is 1.83 bits per heavy atom. The second-order valence-corrected chi connectivity index (χ2v) is 5.85. The maximum absolute atomic E-state index is 12.1. The van der Waals surface area contributed by atoms with Gasteiger partial charge in [-0.15, -0.1) is 0 Å². The van der Waals surface area contributed by atoms with E-state index in [1.54, 1.807) is 0 Å². The van der Waals surface area contributed by atoms with E-state index in [0.717, 1.165) is 18.7 Å².